The van der Waals surface area contributed by atoms with Gasteiger partial charge in [0.1, 0.15) is 11.9 Å². The molecular formula is C28H30ClNO4. The summed E-state index contributed by atoms with van der Waals surface area (Å²) in [5, 5.41) is 0.619. The van der Waals surface area contributed by atoms with E-state index in [9.17, 15) is 9.59 Å². The summed E-state index contributed by atoms with van der Waals surface area (Å²) in [6.07, 6.45) is 2.25. The number of nitrogens with zero attached hydrogens (tertiary/aromatic N) is 1. The van der Waals surface area contributed by atoms with Gasteiger partial charge in [0.25, 0.3) is 5.91 Å². The number of Topliss-reactive ketones (excluding diaryl/α,β-unsaturated/α-hetero) is 1. The summed E-state index contributed by atoms with van der Waals surface area (Å²) in [4.78, 5) is 29.3. The Morgan fingerprint density at radius 2 is 1.74 bits per heavy atom. The van der Waals surface area contributed by atoms with Gasteiger partial charge < -0.3 is 14.4 Å². The quantitative estimate of drug-likeness (QED) is 0.577. The highest BCUT2D eigenvalue weighted by atomic mass is 35.5. The molecular weight excluding hydrogens is 450 g/mol. The van der Waals surface area contributed by atoms with Crippen LogP contribution in [0.3, 0.4) is 0 Å². The molecule has 5 rings (SSSR count). The van der Waals surface area contributed by atoms with Gasteiger partial charge in [0.05, 0.1) is 24.6 Å². The molecule has 2 heterocycles. The Morgan fingerprint density at radius 3 is 2.41 bits per heavy atom. The zero-order valence-electron chi connectivity index (χ0n) is 19.8. The second-order valence-corrected chi connectivity index (χ2v) is 10.3. The summed E-state index contributed by atoms with van der Waals surface area (Å²) in [5.41, 5.74) is 2.49. The molecule has 0 N–H and O–H groups in total. The van der Waals surface area contributed by atoms with E-state index in [1.807, 2.05) is 48.5 Å². The van der Waals surface area contributed by atoms with Crippen LogP contribution in [0.15, 0.2) is 59.9 Å². The van der Waals surface area contributed by atoms with Crippen LogP contribution in [0.25, 0.3) is 0 Å². The predicted octanol–water partition coefficient (Wildman–Crippen LogP) is 5.38. The van der Waals surface area contributed by atoms with Crippen molar-refractivity contribution in [3.8, 4) is 5.75 Å². The zero-order valence-corrected chi connectivity index (χ0v) is 20.5. The number of rotatable bonds is 5. The molecule has 1 saturated carbocycles. The van der Waals surface area contributed by atoms with Crippen molar-refractivity contribution >= 4 is 23.3 Å². The maximum absolute atomic E-state index is 13.9. The molecule has 34 heavy (non-hydrogen) atoms. The molecule has 5 atom stereocenters. The Labute approximate surface area is 205 Å². The first kappa shape index (κ1) is 23.0. The molecule has 5 unspecified atom stereocenters. The molecule has 0 radical (unpaired) electrons. The average molecular weight is 480 g/mol. The van der Waals surface area contributed by atoms with Crippen LogP contribution in [0, 0.1) is 17.8 Å². The Hall–Kier alpha value is -2.79. The molecule has 0 spiro atoms. The molecule has 0 bridgehead atoms. The van der Waals surface area contributed by atoms with Crippen LogP contribution < -0.4 is 4.74 Å². The molecule has 5 nitrogen and oxygen atoms in total. The molecule has 0 aromatic heterocycles. The summed E-state index contributed by atoms with van der Waals surface area (Å²) >= 11 is 6.14. The van der Waals surface area contributed by atoms with Gasteiger partial charge in [-0.25, -0.2) is 0 Å². The van der Waals surface area contributed by atoms with E-state index in [1.165, 1.54) is 0 Å². The lowest BCUT2D eigenvalue weighted by Gasteiger charge is -2.41. The van der Waals surface area contributed by atoms with Crippen LogP contribution in [-0.4, -0.2) is 36.3 Å². The minimum Gasteiger partial charge on any atom is -0.497 e. The van der Waals surface area contributed by atoms with Crippen LogP contribution in [0.2, 0.25) is 5.02 Å². The largest absolute Gasteiger partial charge is 0.497 e. The van der Waals surface area contributed by atoms with Crippen molar-refractivity contribution < 1.29 is 19.1 Å². The molecule has 6 heteroatoms. The van der Waals surface area contributed by atoms with Crippen molar-refractivity contribution in [2.24, 2.45) is 17.8 Å². The fourth-order valence-electron chi connectivity index (χ4n) is 5.89. The van der Waals surface area contributed by atoms with E-state index in [0.29, 0.717) is 29.5 Å². The topological polar surface area (TPSA) is 55.8 Å². The van der Waals surface area contributed by atoms with Crippen LogP contribution in [0.4, 0.5) is 0 Å². The number of methoxy groups -OCH3 is 1. The number of benzene rings is 2. The number of hydrogen-bond acceptors (Lipinski definition) is 4. The molecule has 1 amide bonds. The van der Waals surface area contributed by atoms with Crippen LogP contribution >= 0.6 is 11.6 Å². The highest BCUT2D eigenvalue weighted by Crippen LogP contribution is 2.48. The van der Waals surface area contributed by atoms with Crippen molar-refractivity contribution in [2.75, 3.05) is 13.7 Å². The normalized spacial score (nSPS) is 28.5. The highest BCUT2D eigenvalue weighted by molar-refractivity contribution is 6.30. The monoisotopic (exact) mass is 479 g/mol. The van der Waals surface area contributed by atoms with E-state index < -0.39 is 6.04 Å². The van der Waals surface area contributed by atoms with Crippen LogP contribution in [-0.2, 0) is 20.7 Å². The van der Waals surface area contributed by atoms with Gasteiger partial charge in [0.15, 0.2) is 11.5 Å². The fourth-order valence-corrected chi connectivity index (χ4v) is 6.01. The van der Waals surface area contributed by atoms with Crippen molar-refractivity contribution in [3.63, 3.8) is 0 Å². The third-order valence-corrected chi connectivity index (χ3v) is 7.77. The zero-order chi connectivity index (χ0) is 24.0. The maximum atomic E-state index is 13.9. The minimum atomic E-state index is -0.459. The van der Waals surface area contributed by atoms with E-state index >= 15 is 0 Å². The average Bonchev–Trinajstić information content (AvgIpc) is 3.11. The number of ketones is 1. The van der Waals surface area contributed by atoms with Gasteiger partial charge in [-0.3, -0.25) is 9.59 Å². The van der Waals surface area contributed by atoms with Gasteiger partial charge in [-0.2, -0.15) is 0 Å². The van der Waals surface area contributed by atoms with E-state index in [1.54, 1.807) is 12.0 Å². The van der Waals surface area contributed by atoms with Gasteiger partial charge >= 0.3 is 0 Å². The molecule has 0 saturated heterocycles. The molecule has 3 aliphatic rings. The molecule has 2 aromatic rings. The smallest absolute Gasteiger partial charge is 0.290 e. The first-order valence-electron chi connectivity index (χ1n) is 12.0. The molecule has 178 valence electrons. The molecule has 1 aliphatic carbocycles. The second-order valence-electron chi connectivity index (χ2n) is 9.90. The fraction of sp³-hybridized carbons (Fsp3) is 0.429. The minimum absolute atomic E-state index is 0.0740. The maximum Gasteiger partial charge on any atom is 0.290 e. The lowest BCUT2D eigenvalue weighted by molar-refractivity contribution is -0.138. The summed E-state index contributed by atoms with van der Waals surface area (Å²) in [6.45, 7) is 4.80. The summed E-state index contributed by atoms with van der Waals surface area (Å²) in [5.74, 6) is 1.43. The van der Waals surface area contributed by atoms with Crippen molar-refractivity contribution in [1.82, 2.24) is 4.90 Å². The number of halogens is 1. The van der Waals surface area contributed by atoms with Gasteiger partial charge in [0, 0.05) is 11.6 Å². The van der Waals surface area contributed by atoms with Gasteiger partial charge in [-0.1, -0.05) is 49.7 Å². The predicted molar refractivity (Wildman–Crippen MR) is 131 cm³/mol. The Morgan fingerprint density at radius 1 is 1.03 bits per heavy atom. The van der Waals surface area contributed by atoms with Gasteiger partial charge in [-0.05, 0) is 66.5 Å². The number of hydrogen-bond donors (Lipinski definition) is 0. The Balaban J connectivity index is 1.49. The third kappa shape index (κ3) is 4.00. The second kappa shape index (κ2) is 9.10. The third-order valence-electron chi connectivity index (χ3n) is 7.52. The van der Waals surface area contributed by atoms with Crippen molar-refractivity contribution in [2.45, 2.75) is 45.3 Å². The first-order chi connectivity index (χ1) is 16.4. The summed E-state index contributed by atoms with van der Waals surface area (Å²) < 4.78 is 11.6. The lowest BCUT2D eigenvalue weighted by Crippen LogP contribution is -2.45. The van der Waals surface area contributed by atoms with Crippen molar-refractivity contribution in [3.05, 3.63) is 76.0 Å². The molecule has 2 aromatic carbocycles. The van der Waals surface area contributed by atoms with E-state index in [4.69, 9.17) is 21.1 Å². The van der Waals surface area contributed by atoms with E-state index in [2.05, 4.69) is 13.8 Å². The highest BCUT2D eigenvalue weighted by Gasteiger charge is 2.53. The van der Waals surface area contributed by atoms with E-state index in [-0.39, 0.29) is 35.4 Å². The first-order valence-corrected chi connectivity index (χ1v) is 12.4. The standard InChI is InChI=1S/C28H30ClNO4/c1-16-14-17(2)26-22(15-16)25(31)23-24(19-6-8-20(29)9-7-19)30(28(32)27(23)34-26)13-12-18-4-10-21(33-3)11-5-18/h4-11,16-17,22,24,26H,12-15H2,1-3H3. The van der Waals surface area contributed by atoms with Gasteiger partial charge in [-0.15, -0.1) is 0 Å². The summed E-state index contributed by atoms with van der Waals surface area (Å²) in [7, 11) is 1.64. The number of ether oxygens (including phenoxy) is 2. The summed E-state index contributed by atoms with van der Waals surface area (Å²) in [6, 6.07) is 14.8. The van der Waals surface area contributed by atoms with Crippen molar-refractivity contribution in [1.29, 1.82) is 0 Å². The number of amides is 1. The Kier molecular flexibility index (Phi) is 6.15. The Bertz CT molecular complexity index is 1120. The SMILES string of the molecule is COc1ccc(CCN2C(=O)C3=C(C(=O)C4CC(C)CC(C)C4O3)C2c2ccc(Cl)cc2)cc1. The number of carbonyl (C=O) groups excluding carboxylic acids is 2. The molecule has 2 aliphatic heterocycles. The number of fused-ring (bicyclic) bond motifs is 1. The number of carbonyl (C=O) groups is 2. The van der Waals surface area contributed by atoms with Crippen LogP contribution in [0.1, 0.15) is 43.9 Å². The van der Waals surface area contributed by atoms with E-state index in [0.717, 1.165) is 29.7 Å². The van der Waals surface area contributed by atoms with Gasteiger partial charge in [0.2, 0.25) is 0 Å². The molecule has 1 fully saturated rings. The van der Waals surface area contributed by atoms with Crippen LogP contribution in [0.5, 0.6) is 5.75 Å². The lowest BCUT2D eigenvalue weighted by atomic mass is 9.70.